The minimum Gasteiger partial charge on any atom is -0.497 e. The smallest absolute Gasteiger partial charge is 0.335 e. The van der Waals surface area contributed by atoms with Gasteiger partial charge in [-0.2, -0.15) is 0 Å². The maximum absolute atomic E-state index is 11.1. The molecule has 3 heteroatoms. The SMILES string of the molecule is COc1ccc(CCC(Cc2ccccc2)c2ccc(C(=O)O)cc2)cc1. The first-order valence-electron chi connectivity index (χ1n) is 9.16. The number of aromatic carboxylic acids is 1. The highest BCUT2D eigenvalue weighted by atomic mass is 16.5. The lowest BCUT2D eigenvalue weighted by Gasteiger charge is -2.18. The Morgan fingerprint density at radius 2 is 1.56 bits per heavy atom. The van der Waals surface area contributed by atoms with Gasteiger partial charge in [0.25, 0.3) is 0 Å². The van der Waals surface area contributed by atoms with Crippen molar-refractivity contribution in [1.82, 2.24) is 0 Å². The lowest BCUT2D eigenvalue weighted by molar-refractivity contribution is 0.0697. The molecule has 0 radical (unpaired) electrons. The van der Waals surface area contributed by atoms with Gasteiger partial charge in [-0.15, -0.1) is 0 Å². The summed E-state index contributed by atoms with van der Waals surface area (Å²) >= 11 is 0. The number of hydrogen-bond donors (Lipinski definition) is 1. The lowest BCUT2D eigenvalue weighted by Crippen LogP contribution is -2.06. The van der Waals surface area contributed by atoms with Crippen LogP contribution in [0, 0.1) is 0 Å². The van der Waals surface area contributed by atoms with Crippen LogP contribution in [-0.2, 0) is 12.8 Å². The van der Waals surface area contributed by atoms with E-state index in [1.165, 1.54) is 16.7 Å². The van der Waals surface area contributed by atoms with E-state index in [4.69, 9.17) is 9.84 Å². The molecule has 3 aromatic carbocycles. The number of carboxylic acid groups (broad SMARTS) is 1. The summed E-state index contributed by atoms with van der Waals surface area (Å²) in [5.74, 6) is 0.306. The summed E-state index contributed by atoms with van der Waals surface area (Å²) in [5, 5.41) is 9.13. The minimum atomic E-state index is -0.889. The number of carboxylic acids is 1. The van der Waals surface area contributed by atoms with Crippen LogP contribution in [0.3, 0.4) is 0 Å². The second kappa shape index (κ2) is 9.04. The standard InChI is InChI=1S/C24H24O3/c1-27-23-15-8-18(9-16-23)7-10-22(17-19-5-3-2-4-6-19)20-11-13-21(14-12-20)24(25)26/h2-6,8-9,11-16,22H,7,10,17H2,1H3,(H,25,26). The second-order valence-corrected chi connectivity index (χ2v) is 6.70. The average Bonchev–Trinajstić information content (AvgIpc) is 2.72. The lowest BCUT2D eigenvalue weighted by atomic mass is 9.86. The number of rotatable bonds is 8. The molecule has 0 fully saturated rings. The van der Waals surface area contributed by atoms with Crippen LogP contribution >= 0.6 is 0 Å². The maximum Gasteiger partial charge on any atom is 0.335 e. The van der Waals surface area contributed by atoms with Gasteiger partial charge in [-0.1, -0.05) is 54.6 Å². The molecular weight excluding hydrogens is 336 g/mol. The second-order valence-electron chi connectivity index (χ2n) is 6.70. The Labute approximate surface area is 160 Å². The fraction of sp³-hybridized carbons (Fsp3) is 0.208. The average molecular weight is 360 g/mol. The van der Waals surface area contributed by atoms with Crippen molar-refractivity contribution in [1.29, 1.82) is 0 Å². The Balaban J connectivity index is 1.77. The number of hydrogen-bond acceptors (Lipinski definition) is 2. The first-order chi connectivity index (χ1) is 13.2. The van der Waals surface area contributed by atoms with Crippen molar-refractivity contribution < 1.29 is 14.6 Å². The number of ether oxygens (including phenoxy) is 1. The van der Waals surface area contributed by atoms with Crippen LogP contribution in [0.5, 0.6) is 5.75 Å². The number of carbonyl (C=O) groups is 1. The van der Waals surface area contributed by atoms with Crippen LogP contribution in [0.15, 0.2) is 78.9 Å². The topological polar surface area (TPSA) is 46.5 Å². The minimum absolute atomic E-state index is 0.326. The Hall–Kier alpha value is -3.07. The van der Waals surface area contributed by atoms with E-state index in [1.807, 2.05) is 30.3 Å². The molecule has 1 unspecified atom stereocenters. The first kappa shape index (κ1) is 18.7. The van der Waals surface area contributed by atoms with E-state index in [1.54, 1.807) is 19.2 Å². The van der Waals surface area contributed by atoms with Gasteiger partial charge in [0.15, 0.2) is 0 Å². The van der Waals surface area contributed by atoms with Crippen LogP contribution < -0.4 is 4.74 Å². The Bertz CT molecular complexity index is 852. The van der Waals surface area contributed by atoms with Crippen LogP contribution in [0.2, 0.25) is 0 Å². The van der Waals surface area contributed by atoms with Gasteiger partial charge in [0, 0.05) is 0 Å². The summed E-state index contributed by atoms with van der Waals surface area (Å²) < 4.78 is 5.23. The molecule has 0 saturated carbocycles. The fourth-order valence-electron chi connectivity index (χ4n) is 3.32. The Morgan fingerprint density at radius 3 is 2.15 bits per heavy atom. The third kappa shape index (κ3) is 5.20. The Morgan fingerprint density at radius 1 is 0.889 bits per heavy atom. The molecule has 3 rings (SSSR count). The van der Waals surface area contributed by atoms with Gasteiger partial charge in [0.2, 0.25) is 0 Å². The number of benzene rings is 3. The maximum atomic E-state index is 11.1. The summed E-state index contributed by atoms with van der Waals surface area (Å²) in [5.41, 5.74) is 4.07. The molecule has 0 aliphatic heterocycles. The van der Waals surface area contributed by atoms with Crippen molar-refractivity contribution in [3.05, 3.63) is 101 Å². The molecular formula is C24H24O3. The summed E-state index contributed by atoms with van der Waals surface area (Å²) in [6, 6.07) is 25.9. The predicted molar refractivity (Wildman–Crippen MR) is 108 cm³/mol. The van der Waals surface area contributed by atoms with Gasteiger partial charge in [0.1, 0.15) is 5.75 Å². The van der Waals surface area contributed by atoms with Crippen molar-refractivity contribution >= 4 is 5.97 Å². The van der Waals surface area contributed by atoms with Gasteiger partial charge in [0.05, 0.1) is 12.7 Å². The fourth-order valence-corrected chi connectivity index (χ4v) is 3.32. The highest BCUT2D eigenvalue weighted by molar-refractivity contribution is 5.87. The summed E-state index contributed by atoms with van der Waals surface area (Å²) in [4.78, 5) is 11.1. The zero-order valence-corrected chi connectivity index (χ0v) is 15.5. The van der Waals surface area contributed by atoms with Crippen molar-refractivity contribution in [2.24, 2.45) is 0 Å². The van der Waals surface area contributed by atoms with Gasteiger partial charge >= 0.3 is 5.97 Å². The van der Waals surface area contributed by atoms with E-state index in [-0.39, 0.29) is 0 Å². The molecule has 0 aliphatic carbocycles. The molecule has 3 nitrogen and oxygen atoms in total. The number of methoxy groups -OCH3 is 1. The third-order valence-corrected chi connectivity index (χ3v) is 4.89. The molecule has 138 valence electrons. The van der Waals surface area contributed by atoms with E-state index >= 15 is 0 Å². The van der Waals surface area contributed by atoms with Gasteiger partial charge in [-0.3, -0.25) is 0 Å². The molecule has 0 aliphatic rings. The van der Waals surface area contributed by atoms with Crippen molar-refractivity contribution in [3.63, 3.8) is 0 Å². The van der Waals surface area contributed by atoms with Gasteiger partial charge in [-0.25, -0.2) is 4.79 Å². The van der Waals surface area contributed by atoms with Crippen LogP contribution in [0.1, 0.15) is 39.4 Å². The highest BCUT2D eigenvalue weighted by Crippen LogP contribution is 2.27. The van der Waals surface area contributed by atoms with Crippen LogP contribution in [0.4, 0.5) is 0 Å². The predicted octanol–water partition coefficient (Wildman–Crippen LogP) is 5.35. The quantitative estimate of drug-likeness (QED) is 0.589. The summed E-state index contributed by atoms with van der Waals surface area (Å²) in [7, 11) is 1.67. The van der Waals surface area contributed by atoms with Crippen LogP contribution in [-0.4, -0.2) is 18.2 Å². The van der Waals surface area contributed by atoms with Crippen molar-refractivity contribution in [2.45, 2.75) is 25.2 Å². The molecule has 0 aromatic heterocycles. The third-order valence-electron chi connectivity index (χ3n) is 4.89. The molecule has 0 spiro atoms. The molecule has 27 heavy (non-hydrogen) atoms. The normalized spacial score (nSPS) is 11.7. The highest BCUT2D eigenvalue weighted by Gasteiger charge is 2.14. The van der Waals surface area contributed by atoms with Crippen molar-refractivity contribution in [3.8, 4) is 5.75 Å². The van der Waals surface area contributed by atoms with E-state index in [0.717, 1.165) is 25.0 Å². The Kier molecular flexibility index (Phi) is 6.26. The van der Waals surface area contributed by atoms with E-state index in [9.17, 15) is 4.79 Å². The van der Waals surface area contributed by atoms with Crippen LogP contribution in [0.25, 0.3) is 0 Å². The van der Waals surface area contributed by atoms with Crippen molar-refractivity contribution in [2.75, 3.05) is 7.11 Å². The molecule has 0 bridgehead atoms. The summed E-state index contributed by atoms with van der Waals surface area (Å²) in [6.45, 7) is 0. The monoisotopic (exact) mass is 360 g/mol. The largest absolute Gasteiger partial charge is 0.497 e. The zero-order chi connectivity index (χ0) is 19.1. The molecule has 1 N–H and O–H groups in total. The molecule has 0 saturated heterocycles. The summed E-state index contributed by atoms with van der Waals surface area (Å²) in [6.07, 6.45) is 2.89. The van der Waals surface area contributed by atoms with Gasteiger partial charge < -0.3 is 9.84 Å². The molecule has 3 aromatic rings. The zero-order valence-electron chi connectivity index (χ0n) is 15.5. The van der Waals surface area contributed by atoms with E-state index < -0.39 is 5.97 Å². The molecule has 1 atom stereocenters. The van der Waals surface area contributed by atoms with Gasteiger partial charge in [-0.05, 0) is 66.1 Å². The van der Waals surface area contributed by atoms with E-state index in [2.05, 4.69) is 36.4 Å². The van der Waals surface area contributed by atoms with E-state index in [0.29, 0.717) is 11.5 Å². The number of aryl methyl sites for hydroxylation is 1. The first-order valence-corrected chi connectivity index (χ1v) is 9.16. The molecule has 0 heterocycles. The molecule has 0 amide bonds.